The van der Waals surface area contributed by atoms with Gasteiger partial charge < -0.3 is 14.5 Å². The lowest BCUT2D eigenvalue weighted by molar-refractivity contribution is -0.882. The van der Waals surface area contributed by atoms with E-state index in [0.29, 0.717) is 18.1 Å². The molecule has 2 N–H and O–H groups in total. The third-order valence-electron chi connectivity index (χ3n) is 3.59. The van der Waals surface area contributed by atoms with Crippen molar-refractivity contribution < 1.29 is 24.0 Å². The van der Waals surface area contributed by atoms with E-state index in [4.69, 9.17) is 11.6 Å². The summed E-state index contributed by atoms with van der Waals surface area (Å²) in [5.41, 5.74) is 0.971. The predicted octanol–water partition coefficient (Wildman–Crippen LogP) is 0.476. The number of nitrogens with zero attached hydrogens (tertiary/aromatic N) is 1. The van der Waals surface area contributed by atoms with Crippen LogP contribution in [0.2, 0.25) is 5.02 Å². The summed E-state index contributed by atoms with van der Waals surface area (Å²) >= 11 is 5.85. The first-order chi connectivity index (χ1) is 11.8. The second-order valence-electron chi connectivity index (χ2n) is 5.60. The molecule has 0 aliphatic heterocycles. The van der Waals surface area contributed by atoms with Crippen LogP contribution in [0.25, 0.3) is 0 Å². The molecule has 1 unspecified atom stereocenters. The molecular formula is C17H25ClN3O4+. The summed E-state index contributed by atoms with van der Waals surface area (Å²) in [5.74, 6) is -0.556. The van der Waals surface area contributed by atoms with E-state index in [0.717, 1.165) is 10.5 Å². The summed E-state index contributed by atoms with van der Waals surface area (Å²) in [6.45, 7) is 4.95. The number of hydrogen-bond acceptors (Lipinski definition) is 4. The van der Waals surface area contributed by atoms with Crippen molar-refractivity contribution in [3.8, 4) is 0 Å². The first-order valence-corrected chi connectivity index (χ1v) is 8.52. The molecule has 8 heteroatoms. The first kappa shape index (κ1) is 20.9. The van der Waals surface area contributed by atoms with Crippen LogP contribution in [0.5, 0.6) is 0 Å². The fourth-order valence-corrected chi connectivity index (χ4v) is 2.29. The Hall–Kier alpha value is -2.12. The zero-order chi connectivity index (χ0) is 18.8. The van der Waals surface area contributed by atoms with E-state index in [1.807, 2.05) is 19.1 Å². The van der Waals surface area contributed by atoms with E-state index < -0.39 is 12.0 Å². The number of carbonyl (C=O) groups excluding carboxylic acids is 3. The minimum Gasteiger partial charge on any atom is -0.450 e. The van der Waals surface area contributed by atoms with Gasteiger partial charge in [-0.1, -0.05) is 23.7 Å². The van der Waals surface area contributed by atoms with Gasteiger partial charge in [0.15, 0.2) is 13.1 Å². The Morgan fingerprint density at radius 3 is 2.36 bits per heavy atom. The number of benzene rings is 1. The van der Waals surface area contributed by atoms with Gasteiger partial charge in [-0.25, -0.2) is 4.79 Å². The van der Waals surface area contributed by atoms with Gasteiger partial charge in [0.2, 0.25) is 0 Å². The van der Waals surface area contributed by atoms with E-state index in [1.165, 1.54) is 0 Å². The van der Waals surface area contributed by atoms with Gasteiger partial charge in [0.1, 0.15) is 0 Å². The molecule has 0 radical (unpaired) electrons. The zero-order valence-electron chi connectivity index (χ0n) is 14.8. The zero-order valence-corrected chi connectivity index (χ0v) is 15.6. The molecule has 0 heterocycles. The van der Waals surface area contributed by atoms with Crippen LogP contribution in [0.1, 0.15) is 19.4 Å². The Morgan fingerprint density at radius 2 is 1.80 bits per heavy atom. The van der Waals surface area contributed by atoms with Gasteiger partial charge in [-0.15, -0.1) is 0 Å². The summed E-state index contributed by atoms with van der Waals surface area (Å²) in [4.78, 5) is 37.7. The van der Waals surface area contributed by atoms with E-state index in [9.17, 15) is 14.4 Å². The maximum absolute atomic E-state index is 12.3. The molecule has 0 fully saturated rings. The van der Waals surface area contributed by atoms with Crippen LogP contribution >= 0.6 is 11.6 Å². The van der Waals surface area contributed by atoms with Gasteiger partial charge in [-0.05, 0) is 31.5 Å². The van der Waals surface area contributed by atoms with Crippen molar-refractivity contribution in [1.82, 2.24) is 10.2 Å². The smallest absolute Gasteiger partial charge is 0.414 e. The van der Waals surface area contributed by atoms with Crippen LogP contribution in [-0.2, 0) is 20.9 Å². The van der Waals surface area contributed by atoms with Crippen molar-refractivity contribution in [3.05, 3.63) is 34.9 Å². The quantitative estimate of drug-likeness (QED) is 0.697. The summed E-state index contributed by atoms with van der Waals surface area (Å²) in [6.07, 6.45) is -0.769. The van der Waals surface area contributed by atoms with Gasteiger partial charge in [0.25, 0.3) is 11.8 Å². The molecule has 0 aliphatic carbocycles. The largest absolute Gasteiger partial charge is 0.450 e. The normalized spacial score (nSPS) is 11.5. The number of carbonyl (C=O) groups is 3. The van der Waals surface area contributed by atoms with Gasteiger partial charge in [0.05, 0.1) is 13.2 Å². The average Bonchev–Trinajstić information content (AvgIpc) is 2.56. The minimum absolute atomic E-state index is 0.0237. The van der Waals surface area contributed by atoms with Gasteiger partial charge in [-0.3, -0.25) is 14.9 Å². The van der Waals surface area contributed by atoms with Crippen molar-refractivity contribution in [2.75, 3.05) is 33.3 Å². The topological polar surface area (TPSA) is 80.1 Å². The predicted molar refractivity (Wildman–Crippen MR) is 94.3 cm³/mol. The maximum Gasteiger partial charge on any atom is 0.414 e. The lowest BCUT2D eigenvalue weighted by atomic mass is 10.2. The first-order valence-electron chi connectivity index (χ1n) is 8.14. The Morgan fingerprint density at radius 1 is 1.16 bits per heavy atom. The molecule has 138 valence electrons. The molecule has 0 aliphatic rings. The number of ether oxygens (including phenoxy) is 1. The second kappa shape index (κ2) is 10.7. The van der Waals surface area contributed by atoms with E-state index >= 15 is 0 Å². The molecule has 1 rings (SSSR count). The molecule has 7 nitrogen and oxygen atoms in total. The highest BCUT2D eigenvalue weighted by Gasteiger charge is 2.20. The number of quaternary nitrogens is 1. The van der Waals surface area contributed by atoms with Crippen LogP contribution < -0.4 is 10.2 Å². The van der Waals surface area contributed by atoms with E-state index in [-0.39, 0.29) is 25.6 Å². The molecule has 3 amide bonds. The second-order valence-corrected chi connectivity index (χ2v) is 6.04. The SMILES string of the molecule is CCOC(=O)NC(=O)C[NH+](CC)CC(=O)N(C)Cc1ccc(Cl)cc1. The summed E-state index contributed by atoms with van der Waals surface area (Å²) < 4.78 is 4.66. The Balaban J connectivity index is 2.49. The molecule has 0 spiro atoms. The van der Waals surface area contributed by atoms with Crippen LogP contribution in [0.15, 0.2) is 24.3 Å². The number of amides is 3. The lowest BCUT2D eigenvalue weighted by Crippen LogP contribution is -3.14. The maximum atomic E-state index is 12.3. The van der Waals surface area contributed by atoms with Crippen LogP contribution in [-0.4, -0.2) is 56.1 Å². The monoisotopic (exact) mass is 370 g/mol. The fourth-order valence-electron chi connectivity index (χ4n) is 2.17. The van der Waals surface area contributed by atoms with Crippen molar-refractivity contribution in [1.29, 1.82) is 0 Å². The third kappa shape index (κ3) is 8.00. The van der Waals surface area contributed by atoms with Crippen LogP contribution in [0, 0.1) is 0 Å². The molecule has 1 atom stereocenters. The van der Waals surface area contributed by atoms with Crippen molar-refractivity contribution >= 4 is 29.5 Å². The fraction of sp³-hybridized carbons (Fsp3) is 0.471. The van der Waals surface area contributed by atoms with Gasteiger partial charge >= 0.3 is 6.09 Å². The lowest BCUT2D eigenvalue weighted by Gasteiger charge is -2.21. The van der Waals surface area contributed by atoms with E-state index in [1.54, 1.807) is 31.0 Å². The molecule has 1 aromatic rings. The number of rotatable bonds is 8. The van der Waals surface area contributed by atoms with Gasteiger partial charge in [0, 0.05) is 18.6 Å². The van der Waals surface area contributed by atoms with E-state index in [2.05, 4.69) is 10.1 Å². The summed E-state index contributed by atoms with van der Waals surface area (Å²) in [6, 6.07) is 7.28. The number of alkyl carbamates (subject to hydrolysis) is 1. The highest BCUT2D eigenvalue weighted by atomic mass is 35.5. The summed E-state index contributed by atoms with van der Waals surface area (Å²) in [5, 5.41) is 2.78. The molecule has 0 saturated carbocycles. The third-order valence-corrected chi connectivity index (χ3v) is 3.84. The van der Waals surface area contributed by atoms with Crippen molar-refractivity contribution in [2.45, 2.75) is 20.4 Å². The molecule has 25 heavy (non-hydrogen) atoms. The van der Waals surface area contributed by atoms with Crippen LogP contribution in [0.3, 0.4) is 0 Å². The average molecular weight is 371 g/mol. The highest BCUT2D eigenvalue weighted by molar-refractivity contribution is 6.30. The Bertz CT molecular complexity index is 592. The number of hydrogen-bond donors (Lipinski definition) is 2. The molecule has 0 saturated heterocycles. The molecule has 1 aromatic carbocycles. The molecular weight excluding hydrogens is 346 g/mol. The number of likely N-dealkylation sites (N-methyl/N-ethyl adjacent to an activating group) is 2. The van der Waals surface area contributed by atoms with Gasteiger partial charge in [-0.2, -0.15) is 0 Å². The highest BCUT2D eigenvalue weighted by Crippen LogP contribution is 2.10. The number of halogens is 1. The Labute approximate surface area is 152 Å². The standard InChI is InChI=1S/C17H24ClN3O4/c1-4-21(11-15(22)19-17(24)25-5-2)12-16(23)20(3)10-13-6-8-14(18)9-7-13/h6-9H,4-5,10-12H2,1-3H3,(H,19,22,24)/p+1. The number of nitrogens with one attached hydrogen (secondary N) is 2. The minimum atomic E-state index is -0.769. The van der Waals surface area contributed by atoms with Crippen molar-refractivity contribution in [2.24, 2.45) is 0 Å². The van der Waals surface area contributed by atoms with Crippen molar-refractivity contribution in [3.63, 3.8) is 0 Å². The van der Waals surface area contributed by atoms with Crippen LogP contribution in [0.4, 0.5) is 4.79 Å². The number of imide groups is 1. The summed E-state index contributed by atoms with van der Waals surface area (Å²) in [7, 11) is 1.71. The molecule has 0 bridgehead atoms. The molecule has 0 aromatic heterocycles. The Kier molecular flexibility index (Phi) is 8.94.